The summed E-state index contributed by atoms with van der Waals surface area (Å²) in [4.78, 5) is 15.8. The summed E-state index contributed by atoms with van der Waals surface area (Å²) in [6.45, 7) is 1.66. The topological polar surface area (TPSA) is 60.4 Å². The molecule has 78 valence electrons. The molecule has 15 heavy (non-hydrogen) atoms. The summed E-state index contributed by atoms with van der Waals surface area (Å²) in [7, 11) is 0. The molecule has 0 aliphatic heterocycles. The van der Waals surface area contributed by atoms with Gasteiger partial charge in [-0.25, -0.2) is 4.98 Å². The fraction of sp³-hybridized carbons (Fsp3) is 0.200. The van der Waals surface area contributed by atoms with Crippen LogP contribution in [0.4, 0.5) is 0 Å². The normalized spacial score (nSPS) is 13.0. The van der Waals surface area contributed by atoms with Crippen molar-refractivity contribution < 1.29 is 4.79 Å². The lowest BCUT2D eigenvalue weighted by Gasteiger charge is -1.97. The minimum absolute atomic E-state index is 0.144. The van der Waals surface area contributed by atoms with Gasteiger partial charge in [0.2, 0.25) is 0 Å². The van der Waals surface area contributed by atoms with Crippen LogP contribution in [0.15, 0.2) is 29.0 Å². The highest BCUT2D eigenvalue weighted by Gasteiger charge is 2.14. The number of Topliss-reactive ketones (excluding diaryl/α,β-unsaturated/α-hetero) is 1. The summed E-state index contributed by atoms with van der Waals surface area (Å²) >= 11 is 3.34. The molecule has 0 saturated carbocycles. The number of carbonyl (C=O) groups is 1. The Morgan fingerprint density at radius 2 is 2.40 bits per heavy atom. The Hall–Kier alpha value is -1.20. The van der Waals surface area contributed by atoms with Crippen molar-refractivity contribution in [3.05, 3.63) is 34.7 Å². The van der Waals surface area contributed by atoms with E-state index in [-0.39, 0.29) is 5.78 Å². The van der Waals surface area contributed by atoms with E-state index in [1.165, 1.54) is 0 Å². The van der Waals surface area contributed by atoms with Crippen LogP contribution in [0, 0.1) is 0 Å². The first-order valence-corrected chi connectivity index (χ1v) is 5.31. The zero-order valence-corrected chi connectivity index (χ0v) is 9.73. The fourth-order valence-electron chi connectivity index (χ4n) is 1.31. The van der Waals surface area contributed by atoms with Gasteiger partial charge in [0.15, 0.2) is 5.78 Å². The quantitative estimate of drug-likeness (QED) is 0.842. The first-order chi connectivity index (χ1) is 7.08. The van der Waals surface area contributed by atoms with Crippen LogP contribution in [0.1, 0.15) is 17.4 Å². The van der Waals surface area contributed by atoms with E-state index >= 15 is 0 Å². The second-order valence-corrected chi connectivity index (χ2v) is 4.31. The SMILES string of the molecule is CC(N)C(=O)c1cn2ccc(Br)cc2n1. The van der Waals surface area contributed by atoms with Crippen molar-refractivity contribution in [2.75, 3.05) is 0 Å². The van der Waals surface area contributed by atoms with Crippen LogP contribution in [-0.4, -0.2) is 21.2 Å². The summed E-state index contributed by atoms with van der Waals surface area (Å²) in [5.41, 5.74) is 6.65. The number of ketones is 1. The lowest BCUT2D eigenvalue weighted by molar-refractivity contribution is 0.0963. The molecule has 2 aromatic rings. The van der Waals surface area contributed by atoms with E-state index < -0.39 is 6.04 Å². The van der Waals surface area contributed by atoms with Gasteiger partial charge in [-0.05, 0) is 19.1 Å². The molecule has 0 amide bonds. The number of halogens is 1. The van der Waals surface area contributed by atoms with Crippen LogP contribution in [0.5, 0.6) is 0 Å². The molecule has 0 aromatic carbocycles. The maximum atomic E-state index is 11.6. The molecule has 4 nitrogen and oxygen atoms in total. The number of aromatic nitrogens is 2. The van der Waals surface area contributed by atoms with Crippen molar-refractivity contribution in [2.24, 2.45) is 5.73 Å². The summed E-state index contributed by atoms with van der Waals surface area (Å²) in [5, 5.41) is 0. The molecule has 2 heterocycles. The second kappa shape index (κ2) is 3.75. The average Bonchev–Trinajstić information content (AvgIpc) is 2.58. The number of imidazole rings is 1. The first-order valence-electron chi connectivity index (χ1n) is 4.52. The van der Waals surface area contributed by atoms with E-state index in [4.69, 9.17) is 5.73 Å². The van der Waals surface area contributed by atoms with Gasteiger partial charge < -0.3 is 10.1 Å². The van der Waals surface area contributed by atoms with E-state index in [0.29, 0.717) is 5.69 Å². The first kappa shape index (κ1) is 10.3. The Bertz CT molecular complexity index is 518. The van der Waals surface area contributed by atoms with Gasteiger partial charge in [0.25, 0.3) is 0 Å². The largest absolute Gasteiger partial charge is 0.321 e. The van der Waals surface area contributed by atoms with Crippen molar-refractivity contribution in [2.45, 2.75) is 13.0 Å². The standard InChI is InChI=1S/C10H10BrN3O/c1-6(12)10(15)8-5-14-3-2-7(11)4-9(14)13-8/h2-6H,12H2,1H3. The lowest BCUT2D eigenvalue weighted by atomic mass is 10.2. The Morgan fingerprint density at radius 1 is 1.67 bits per heavy atom. The third kappa shape index (κ3) is 1.93. The molecule has 1 unspecified atom stereocenters. The zero-order chi connectivity index (χ0) is 11.0. The average molecular weight is 268 g/mol. The zero-order valence-electron chi connectivity index (χ0n) is 8.14. The third-order valence-corrected chi connectivity index (χ3v) is 2.58. The van der Waals surface area contributed by atoms with Gasteiger partial charge in [-0.1, -0.05) is 15.9 Å². The summed E-state index contributed by atoms with van der Waals surface area (Å²) in [6, 6.07) is 3.21. The highest BCUT2D eigenvalue weighted by molar-refractivity contribution is 9.10. The molecule has 0 bridgehead atoms. The minimum atomic E-state index is -0.515. The van der Waals surface area contributed by atoms with Crippen LogP contribution in [0.25, 0.3) is 5.65 Å². The molecular weight excluding hydrogens is 258 g/mol. The maximum absolute atomic E-state index is 11.6. The molecule has 2 N–H and O–H groups in total. The van der Waals surface area contributed by atoms with Gasteiger partial charge in [-0.15, -0.1) is 0 Å². The highest BCUT2D eigenvalue weighted by Crippen LogP contribution is 2.13. The Morgan fingerprint density at radius 3 is 3.07 bits per heavy atom. The molecule has 0 fully saturated rings. The van der Waals surface area contributed by atoms with E-state index in [1.54, 1.807) is 17.5 Å². The maximum Gasteiger partial charge on any atom is 0.199 e. The molecular formula is C10H10BrN3O. The third-order valence-electron chi connectivity index (χ3n) is 2.09. The number of fused-ring (bicyclic) bond motifs is 1. The van der Waals surface area contributed by atoms with Crippen LogP contribution < -0.4 is 5.73 Å². The van der Waals surface area contributed by atoms with Gasteiger partial charge in [0.1, 0.15) is 11.3 Å². The summed E-state index contributed by atoms with van der Waals surface area (Å²) in [6.07, 6.45) is 3.53. The minimum Gasteiger partial charge on any atom is -0.321 e. The van der Waals surface area contributed by atoms with E-state index in [9.17, 15) is 4.79 Å². The molecule has 2 rings (SSSR count). The van der Waals surface area contributed by atoms with Crippen LogP contribution >= 0.6 is 15.9 Å². The molecule has 0 saturated heterocycles. The highest BCUT2D eigenvalue weighted by atomic mass is 79.9. The second-order valence-electron chi connectivity index (χ2n) is 3.39. The number of rotatable bonds is 2. The molecule has 0 aliphatic rings. The van der Waals surface area contributed by atoms with E-state index in [0.717, 1.165) is 10.1 Å². The van der Waals surface area contributed by atoms with Gasteiger partial charge in [-0.2, -0.15) is 0 Å². The predicted octanol–water partition coefficient (Wildman–Crippen LogP) is 1.63. The van der Waals surface area contributed by atoms with Gasteiger partial charge >= 0.3 is 0 Å². The van der Waals surface area contributed by atoms with Crippen LogP contribution in [0.3, 0.4) is 0 Å². The number of carbonyl (C=O) groups excluding carboxylic acids is 1. The van der Waals surface area contributed by atoms with Crippen molar-refractivity contribution in [3.8, 4) is 0 Å². The number of hydrogen-bond donors (Lipinski definition) is 1. The molecule has 0 spiro atoms. The van der Waals surface area contributed by atoms with Crippen molar-refractivity contribution in [3.63, 3.8) is 0 Å². The summed E-state index contributed by atoms with van der Waals surface area (Å²) < 4.78 is 2.72. The van der Waals surface area contributed by atoms with Gasteiger partial charge in [0.05, 0.1) is 6.04 Å². The van der Waals surface area contributed by atoms with E-state index in [1.807, 2.05) is 18.3 Å². The Balaban J connectivity index is 2.52. The van der Waals surface area contributed by atoms with Gasteiger partial charge in [-0.3, -0.25) is 4.79 Å². The molecule has 5 heteroatoms. The smallest absolute Gasteiger partial charge is 0.199 e. The molecule has 1 atom stereocenters. The molecule has 0 radical (unpaired) electrons. The van der Waals surface area contributed by atoms with Gasteiger partial charge in [0, 0.05) is 16.9 Å². The summed E-state index contributed by atoms with van der Waals surface area (Å²) in [5.74, 6) is -0.144. The van der Waals surface area contributed by atoms with E-state index in [2.05, 4.69) is 20.9 Å². The fourth-order valence-corrected chi connectivity index (χ4v) is 1.63. The lowest BCUT2D eigenvalue weighted by Crippen LogP contribution is -2.26. The van der Waals surface area contributed by atoms with Crippen LogP contribution in [-0.2, 0) is 0 Å². The number of nitrogens with zero attached hydrogens (tertiary/aromatic N) is 2. The number of pyridine rings is 1. The van der Waals surface area contributed by atoms with Crippen molar-refractivity contribution in [1.29, 1.82) is 0 Å². The Labute approximate surface area is 95.2 Å². The Kier molecular flexibility index (Phi) is 2.58. The monoisotopic (exact) mass is 267 g/mol. The number of nitrogens with two attached hydrogens (primary N) is 1. The van der Waals surface area contributed by atoms with Crippen molar-refractivity contribution >= 4 is 27.4 Å². The number of hydrogen-bond acceptors (Lipinski definition) is 3. The van der Waals surface area contributed by atoms with Crippen LogP contribution in [0.2, 0.25) is 0 Å². The molecule has 2 aromatic heterocycles. The molecule has 0 aliphatic carbocycles. The van der Waals surface area contributed by atoms with Crippen molar-refractivity contribution in [1.82, 2.24) is 9.38 Å². The predicted molar refractivity (Wildman–Crippen MR) is 60.9 cm³/mol.